The average Bonchev–Trinajstić information content (AvgIpc) is 2.61. The highest BCUT2D eigenvalue weighted by Gasteiger charge is 2.30. The zero-order valence-corrected chi connectivity index (χ0v) is 15.6. The van der Waals surface area contributed by atoms with Gasteiger partial charge in [0.1, 0.15) is 6.10 Å². The van der Waals surface area contributed by atoms with Gasteiger partial charge in [-0.1, -0.05) is 76.6 Å². The van der Waals surface area contributed by atoms with Crippen molar-refractivity contribution < 1.29 is 9.53 Å². The van der Waals surface area contributed by atoms with Gasteiger partial charge in [0, 0.05) is 0 Å². The summed E-state index contributed by atoms with van der Waals surface area (Å²) in [5.74, 6) is 0.154. The summed E-state index contributed by atoms with van der Waals surface area (Å²) in [6, 6.07) is 8.72. The minimum atomic E-state index is -0.0333. The smallest absolute Gasteiger partial charge is 0.309 e. The monoisotopic (exact) mass is 330 g/mol. The van der Waals surface area contributed by atoms with Crippen LogP contribution in [-0.2, 0) is 16.0 Å². The van der Waals surface area contributed by atoms with Gasteiger partial charge < -0.3 is 4.74 Å². The van der Waals surface area contributed by atoms with E-state index in [0.717, 1.165) is 37.7 Å². The summed E-state index contributed by atoms with van der Waals surface area (Å²) in [4.78, 5) is 12.3. The van der Waals surface area contributed by atoms with E-state index in [4.69, 9.17) is 4.74 Å². The van der Waals surface area contributed by atoms with Crippen molar-refractivity contribution >= 4 is 5.97 Å². The number of carbonyl (C=O) groups excluding carboxylic acids is 1. The topological polar surface area (TPSA) is 26.3 Å². The second kappa shape index (κ2) is 10.5. The lowest BCUT2D eigenvalue weighted by molar-refractivity contribution is -0.161. The molecule has 1 aliphatic heterocycles. The number of aryl methyl sites for hydroxylation is 1. The van der Waals surface area contributed by atoms with Crippen molar-refractivity contribution in [3.63, 3.8) is 0 Å². The number of hydrogen-bond donors (Lipinski definition) is 0. The van der Waals surface area contributed by atoms with Gasteiger partial charge in [-0.3, -0.25) is 4.79 Å². The van der Waals surface area contributed by atoms with E-state index in [0.29, 0.717) is 0 Å². The van der Waals surface area contributed by atoms with Crippen molar-refractivity contribution in [3.8, 4) is 0 Å². The van der Waals surface area contributed by atoms with Crippen LogP contribution in [0.1, 0.15) is 95.3 Å². The van der Waals surface area contributed by atoms with E-state index in [1.54, 1.807) is 0 Å². The minimum Gasteiger partial charge on any atom is -0.457 e. The third kappa shape index (κ3) is 5.96. The minimum absolute atomic E-state index is 0.0229. The summed E-state index contributed by atoms with van der Waals surface area (Å²) < 4.78 is 5.74. The van der Waals surface area contributed by atoms with Crippen molar-refractivity contribution in [1.29, 1.82) is 0 Å². The average molecular weight is 331 g/mol. The van der Waals surface area contributed by atoms with Gasteiger partial charge in [-0.25, -0.2) is 0 Å². The summed E-state index contributed by atoms with van der Waals surface area (Å²) in [6.45, 7) is 4.45. The molecule has 24 heavy (non-hydrogen) atoms. The second-order valence-corrected chi connectivity index (χ2v) is 7.25. The molecule has 0 saturated carbocycles. The number of unbranched alkanes of at least 4 members (excludes halogenated alkanes) is 5. The molecule has 0 radical (unpaired) electrons. The van der Waals surface area contributed by atoms with Crippen molar-refractivity contribution in [3.05, 3.63) is 35.4 Å². The Balaban J connectivity index is 1.79. The van der Waals surface area contributed by atoms with Crippen LogP contribution in [0.5, 0.6) is 0 Å². The molecular formula is C22H34O2. The highest BCUT2D eigenvalue weighted by atomic mass is 16.5. The maximum atomic E-state index is 12.3. The van der Waals surface area contributed by atoms with Gasteiger partial charge in [-0.15, -0.1) is 0 Å². The molecule has 1 aliphatic rings. The fraction of sp³-hybridized carbons (Fsp3) is 0.682. The van der Waals surface area contributed by atoms with Gasteiger partial charge in [0.25, 0.3) is 0 Å². The van der Waals surface area contributed by atoms with Crippen molar-refractivity contribution in [2.24, 2.45) is 5.92 Å². The largest absolute Gasteiger partial charge is 0.457 e. The van der Waals surface area contributed by atoms with Crippen LogP contribution < -0.4 is 0 Å². The second-order valence-electron chi connectivity index (χ2n) is 7.25. The van der Waals surface area contributed by atoms with Crippen LogP contribution in [0.2, 0.25) is 0 Å². The zero-order chi connectivity index (χ0) is 17.2. The normalized spacial score (nSPS) is 20.8. The number of ether oxygens (including phenoxy) is 1. The number of hydrogen-bond acceptors (Lipinski definition) is 2. The Morgan fingerprint density at radius 3 is 2.29 bits per heavy atom. The molecule has 1 aromatic carbocycles. The molecule has 1 saturated heterocycles. The summed E-state index contributed by atoms with van der Waals surface area (Å²) in [5, 5.41) is 0. The molecule has 2 atom stereocenters. The van der Waals surface area contributed by atoms with Crippen LogP contribution >= 0.6 is 0 Å². The fourth-order valence-corrected chi connectivity index (χ4v) is 3.56. The number of esters is 1. The maximum Gasteiger partial charge on any atom is 0.309 e. The lowest BCUT2D eigenvalue weighted by Crippen LogP contribution is -2.26. The van der Waals surface area contributed by atoms with E-state index in [1.807, 2.05) is 0 Å². The molecule has 1 fully saturated rings. The van der Waals surface area contributed by atoms with Gasteiger partial charge in [0.15, 0.2) is 0 Å². The van der Waals surface area contributed by atoms with E-state index >= 15 is 0 Å². The zero-order valence-electron chi connectivity index (χ0n) is 15.6. The molecule has 0 spiro atoms. The molecule has 2 unspecified atom stereocenters. The third-order valence-corrected chi connectivity index (χ3v) is 5.20. The molecule has 0 aromatic heterocycles. The van der Waals surface area contributed by atoms with Gasteiger partial charge >= 0.3 is 5.97 Å². The number of rotatable bonds is 10. The number of benzene rings is 1. The van der Waals surface area contributed by atoms with Gasteiger partial charge in [-0.2, -0.15) is 0 Å². The predicted molar refractivity (Wildman–Crippen MR) is 100.0 cm³/mol. The van der Waals surface area contributed by atoms with Gasteiger partial charge in [-0.05, 0) is 43.2 Å². The SMILES string of the molecule is CCCCCCC1CCC(c2ccc(CCCCC)cc2)OC1=O. The first-order valence-electron chi connectivity index (χ1n) is 10.0. The summed E-state index contributed by atoms with van der Waals surface area (Å²) in [5.41, 5.74) is 2.55. The maximum absolute atomic E-state index is 12.3. The predicted octanol–water partition coefficient (Wildman–Crippen LogP) is 6.38. The quantitative estimate of drug-likeness (QED) is 0.367. The standard InChI is InChI=1S/C22H34O2/c1-3-5-7-9-11-20-16-17-21(24-22(20)23)19-14-12-18(13-15-19)10-8-6-4-2/h12-15,20-21H,3-11,16-17H2,1-2H3. The van der Waals surface area contributed by atoms with Gasteiger partial charge in [0.2, 0.25) is 0 Å². The molecule has 2 nitrogen and oxygen atoms in total. The molecule has 0 bridgehead atoms. The first kappa shape index (κ1) is 19.0. The van der Waals surface area contributed by atoms with Crippen molar-refractivity contribution in [2.75, 3.05) is 0 Å². The molecule has 134 valence electrons. The van der Waals surface area contributed by atoms with Gasteiger partial charge in [0.05, 0.1) is 5.92 Å². The molecule has 0 amide bonds. The molecule has 2 heteroatoms. The first-order valence-corrected chi connectivity index (χ1v) is 10.0. The fourth-order valence-electron chi connectivity index (χ4n) is 3.56. The molecular weight excluding hydrogens is 296 g/mol. The lowest BCUT2D eigenvalue weighted by atomic mass is 9.90. The molecule has 1 aromatic rings. The molecule has 1 heterocycles. The highest BCUT2D eigenvalue weighted by Crippen LogP contribution is 2.33. The Kier molecular flexibility index (Phi) is 8.35. The highest BCUT2D eigenvalue weighted by molar-refractivity contribution is 5.73. The Morgan fingerprint density at radius 2 is 1.62 bits per heavy atom. The van der Waals surface area contributed by atoms with Crippen LogP contribution in [0, 0.1) is 5.92 Å². The first-order chi connectivity index (χ1) is 11.7. The molecule has 2 rings (SSSR count). The van der Waals surface area contributed by atoms with Crippen LogP contribution in [0.25, 0.3) is 0 Å². The van der Waals surface area contributed by atoms with E-state index in [9.17, 15) is 4.79 Å². The summed E-state index contributed by atoms with van der Waals surface area (Å²) in [6.07, 6.45) is 12.8. The Morgan fingerprint density at radius 1 is 0.917 bits per heavy atom. The third-order valence-electron chi connectivity index (χ3n) is 5.20. The van der Waals surface area contributed by atoms with E-state index in [1.165, 1.54) is 44.1 Å². The lowest BCUT2D eigenvalue weighted by Gasteiger charge is -2.28. The van der Waals surface area contributed by atoms with Crippen molar-refractivity contribution in [1.82, 2.24) is 0 Å². The number of carbonyl (C=O) groups is 1. The van der Waals surface area contributed by atoms with E-state index < -0.39 is 0 Å². The summed E-state index contributed by atoms with van der Waals surface area (Å²) >= 11 is 0. The van der Waals surface area contributed by atoms with Crippen LogP contribution in [0.15, 0.2) is 24.3 Å². The summed E-state index contributed by atoms with van der Waals surface area (Å²) in [7, 11) is 0. The molecule has 0 N–H and O–H groups in total. The number of cyclic esters (lactones) is 1. The molecule has 0 aliphatic carbocycles. The van der Waals surface area contributed by atoms with Crippen molar-refractivity contribution in [2.45, 2.75) is 90.6 Å². The Hall–Kier alpha value is -1.31. The Bertz CT molecular complexity index is 477. The van der Waals surface area contributed by atoms with E-state index in [-0.39, 0.29) is 18.0 Å². The van der Waals surface area contributed by atoms with Crippen LogP contribution in [0.3, 0.4) is 0 Å². The van der Waals surface area contributed by atoms with Crippen LogP contribution in [-0.4, -0.2) is 5.97 Å². The Labute approximate surface area is 148 Å². The van der Waals surface area contributed by atoms with E-state index in [2.05, 4.69) is 38.1 Å². The van der Waals surface area contributed by atoms with Crippen LogP contribution in [0.4, 0.5) is 0 Å².